The van der Waals surface area contributed by atoms with Crippen LogP contribution >= 0.6 is 0 Å². The number of ether oxygens (including phenoxy) is 1. The van der Waals surface area contributed by atoms with E-state index in [9.17, 15) is 5.11 Å². The monoisotopic (exact) mass is 194 g/mol. The Morgan fingerprint density at radius 3 is 2.14 bits per heavy atom. The molecule has 14 heavy (non-hydrogen) atoms. The van der Waals surface area contributed by atoms with E-state index in [0.29, 0.717) is 6.42 Å². The van der Waals surface area contributed by atoms with Gasteiger partial charge >= 0.3 is 0 Å². The van der Waals surface area contributed by atoms with Crippen molar-refractivity contribution in [2.75, 3.05) is 7.11 Å². The molecule has 1 rings (SSSR count). The number of aryl methyl sites for hydroxylation is 2. The largest absolute Gasteiger partial charge is 0.496 e. The van der Waals surface area contributed by atoms with E-state index < -0.39 is 0 Å². The lowest BCUT2D eigenvalue weighted by Gasteiger charge is -2.12. The lowest BCUT2D eigenvalue weighted by molar-refractivity contribution is 0.195. The van der Waals surface area contributed by atoms with Gasteiger partial charge in [-0.1, -0.05) is 12.1 Å². The van der Waals surface area contributed by atoms with Gasteiger partial charge < -0.3 is 9.84 Å². The summed E-state index contributed by atoms with van der Waals surface area (Å²) in [7, 11) is 1.68. The molecule has 0 heterocycles. The molecular weight excluding hydrogens is 176 g/mol. The number of aliphatic hydroxyl groups is 1. The smallest absolute Gasteiger partial charge is 0.124 e. The minimum atomic E-state index is -0.290. The molecule has 0 spiro atoms. The van der Waals surface area contributed by atoms with Gasteiger partial charge in [0, 0.05) is 0 Å². The standard InChI is InChI=1S/C12H18O2/c1-8-5-11(7-10(3)13)6-9(2)12(8)14-4/h5-6,10,13H,7H2,1-4H3. The Morgan fingerprint density at radius 1 is 1.29 bits per heavy atom. The molecule has 0 radical (unpaired) electrons. The average molecular weight is 194 g/mol. The molecule has 1 aromatic rings. The molecule has 0 fully saturated rings. The molecule has 1 unspecified atom stereocenters. The van der Waals surface area contributed by atoms with Gasteiger partial charge in [0.05, 0.1) is 13.2 Å². The zero-order valence-corrected chi connectivity index (χ0v) is 9.29. The summed E-state index contributed by atoms with van der Waals surface area (Å²) in [5, 5.41) is 9.28. The predicted octanol–water partition coefficient (Wildman–Crippen LogP) is 2.24. The lowest BCUT2D eigenvalue weighted by Crippen LogP contribution is -2.05. The Bertz CT molecular complexity index is 293. The van der Waals surface area contributed by atoms with Gasteiger partial charge in [-0.05, 0) is 43.9 Å². The second kappa shape index (κ2) is 4.47. The molecule has 1 aromatic carbocycles. The highest BCUT2D eigenvalue weighted by atomic mass is 16.5. The third-order valence-electron chi connectivity index (χ3n) is 2.26. The molecule has 0 aromatic heterocycles. The molecule has 0 bridgehead atoms. The fraction of sp³-hybridized carbons (Fsp3) is 0.500. The minimum absolute atomic E-state index is 0.290. The number of methoxy groups -OCH3 is 1. The lowest BCUT2D eigenvalue weighted by atomic mass is 10.0. The molecule has 2 heteroatoms. The van der Waals surface area contributed by atoms with Gasteiger partial charge in [-0.3, -0.25) is 0 Å². The Morgan fingerprint density at radius 2 is 1.79 bits per heavy atom. The van der Waals surface area contributed by atoms with Crippen LogP contribution in [0.25, 0.3) is 0 Å². The van der Waals surface area contributed by atoms with Gasteiger partial charge in [-0.25, -0.2) is 0 Å². The molecule has 0 amide bonds. The summed E-state index contributed by atoms with van der Waals surface area (Å²) in [6.07, 6.45) is 0.410. The van der Waals surface area contributed by atoms with E-state index in [-0.39, 0.29) is 6.10 Å². The first-order chi connectivity index (χ1) is 6.54. The van der Waals surface area contributed by atoms with Crippen molar-refractivity contribution in [2.45, 2.75) is 33.3 Å². The first-order valence-corrected chi connectivity index (χ1v) is 4.86. The SMILES string of the molecule is COc1c(C)cc(CC(C)O)cc1C. The van der Waals surface area contributed by atoms with Gasteiger partial charge in [0.15, 0.2) is 0 Å². The quantitative estimate of drug-likeness (QED) is 0.799. The second-order valence-corrected chi connectivity index (χ2v) is 3.82. The molecular formula is C12H18O2. The normalized spacial score (nSPS) is 12.6. The van der Waals surface area contributed by atoms with Crippen LogP contribution in [0.5, 0.6) is 5.75 Å². The van der Waals surface area contributed by atoms with Gasteiger partial charge in [0.25, 0.3) is 0 Å². The Balaban J connectivity index is 3.01. The van der Waals surface area contributed by atoms with Crippen LogP contribution in [0.4, 0.5) is 0 Å². The Hall–Kier alpha value is -1.02. The summed E-state index contributed by atoms with van der Waals surface area (Å²) in [5.74, 6) is 0.944. The molecule has 0 saturated heterocycles. The summed E-state index contributed by atoms with van der Waals surface area (Å²) in [6.45, 7) is 5.85. The average Bonchev–Trinajstić information content (AvgIpc) is 2.01. The molecule has 78 valence electrons. The Kier molecular flexibility index (Phi) is 3.53. The number of hydrogen-bond donors (Lipinski definition) is 1. The molecule has 0 aliphatic heterocycles. The fourth-order valence-corrected chi connectivity index (χ4v) is 1.82. The minimum Gasteiger partial charge on any atom is -0.496 e. The van der Waals surface area contributed by atoms with Crippen molar-refractivity contribution in [1.29, 1.82) is 0 Å². The highest BCUT2D eigenvalue weighted by molar-refractivity contribution is 5.43. The number of hydrogen-bond acceptors (Lipinski definition) is 2. The summed E-state index contributed by atoms with van der Waals surface area (Å²) in [6, 6.07) is 4.14. The zero-order valence-electron chi connectivity index (χ0n) is 9.29. The van der Waals surface area contributed by atoms with E-state index in [1.165, 1.54) is 0 Å². The van der Waals surface area contributed by atoms with Crippen molar-refractivity contribution in [3.05, 3.63) is 28.8 Å². The van der Waals surface area contributed by atoms with Crippen molar-refractivity contribution in [1.82, 2.24) is 0 Å². The summed E-state index contributed by atoms with van der Waals surface area (Å²) in [4.78, 5) is 0. The predicted molar refractivity (Wildman–Crippen MR) is 57.9 cm³/mol. The van der Waals surface area contributed by atoms with E-state index in [1.807, 2.05) is 13.8 Å². The van der Waals surface area contributed by atoms with Crippen LogP contribution in [0, 0.1) is 13.8 Å². The van der Waals surface area contributed by atoms with Gasteiger partial charge in [0.1, 0.15) is 5.75 Å². The second-order valence-electron chi connectivity index (χ2n) is 3.82. The molecule has 0 aliphatic rings. The number of aliphatic hydroxyl groups excluding tert-OH is 1. The maximum Gasteiger partial charge on any atom is 0.124 e. The van der Waals surface area contributed by atoms with Crippen LogP contribution in [0.2, 0.25) is 0 Å². The van der Waals surface area contributed by atoms with Crippen LogP contribution in [0.3, 0.4) is 0 Å². The van der Waals surface area contributed by atoms with Crippen LogP contribution in [-0.2, 0) is 6.42 Å². The third-order valence-corrected chi connectivity index (χ3v) is 2.26. The molecule has 1 N–H and O–H groups in total. The van der Waals surface area contributed by atoms with E-state index in [4.69, 9.17) is 4.74 Å². The number of benzene rings is 1. The maximum absolute atomic E-state index is 9.28. The van der Waals surface area contributed by atoms with Crippen molar-refractivity contribution < 1.29 is 9.84 Å². The van der Waals surface area contributed by atoms with Crippen LogP contribution in [0.1, 0.15) is 23.6 Å². The van der Waals surface area contributed by atoms with E-state index in [0.717, 1.165) is 22.4 Å². The van der Waals surface area contributed by atoms with Crippen molar-refractivity contribution >= 4 is 0 Å². The molecule has 0 saturated carbocycles. The maximum atomic E-state index is 9.28. The highest BCUT2D eigenvalue weighted by Crippen LogP contribution is 2.24. The first-order valence-electron chi connectivity index (χ1n) is 4.86. The fourth-order valence-electron chi connectivity index (χ4n) is 1.82. The van der Waals surface area contributed by atoms with Crippen LogP contribution < -0.4 is 4.74 Å². The molecule has 1 atom stereocenters. The van der Waals surface area contributed by atoms with Crippen LogP contribution in [0.15, 0.2) is 12.1 Å². The third kappa shape index (κ3) is 2.48. The summed E-state index contributed by atoms with van der Waals surface area (Å²) in [5.41, 5.74) is 3.42. The van der Waals surface area contributed by atoms with E-state index in [2.05, 4.69) is 12.1 Å². The highest BCUT2D eigenvalue weighted by Gasteiger charge is 2.06. The van der Waals surface area contributed by atoms with Crippen molar-refractivity contribution in [2.24, 2.45) is 0 Å². The topological polar surface area (TPSA) is 29.5 Å². The molecule has 0 aliphatic carbocycles. The van der Waals surface area contributed by atoms with Crippen molar-refractivity contribution in [3.63, 3.8) is 0 Å². The summed E-state index contributed by atoms with van der Waals surface area (Å²) < 4.78 is 5.27. The summed E-state index contributed by atoms with van der Waals surface area (Å²) >= 11 is 0. The van der Waals surface area contributed by atoms with Crippen molar-refractivity contribution in [3.8, 4) is 5.75 Å². The number of rotatable bonds is 3. The first kappa shape index (κ1) is 11.1. The van der Waals surface area contributed by atoms with Gasteiger partial charge in [-0.15, -0.1) is 0 Å². The van der Waals surface area contributed by atoms with Gasteiger partial charge in [-0.2, -0.15) is 0 Å². The van der Waals surface area contributed by atoms with E-state index in [1.54, 1.807) is 14.0 Å². The Labute approximate surface area is 85.5 Å². The zero-order chi connectivity index (χ0) is 10.7. The van der Waals surface area contributed by atoms with E-state index >= 15 is 0 Å². The molecule has 2 nitrogen and oxygen atoms in total. The van der Waals surface area contributed by atoms with Gasteiger partial charge in [0.2, 0.25) is 0 Å². The van der Waals surface area contributed by atoms with Crippen LogP contribution in [-0.4, -0.2) is 18.3 Å².